The molecule has 2 heterocycles. The van der Waals surface area contributed by atoms with Gasteiger partial charge in [-0.05, 0) is 43.7 Å². The zero-order valence-corrected chi connectivity index (χ0v) is 18.5. The quantitative estimate of drug-likeness (QED) is 0.499. The van der Waals surface area contributed by atoms with Crippen molar-refractivity contribution in [1.82, 2.24) is 10.3 Å². The fourth-order valence-corrected chi connectivity index (χ4v) is 3.76. The Hall–Kier alpha value is -3.91. The van der Waals surface area contributed by atoms with Gasteiger partial charge < -0.3 is 25.2 Å². The van der Waals surface area contributed by atoms with Crippen LogP contribution in [0.3, 0.4) is 0 Å². The van der Waals surface area contributed by atoms with E-state index in [-0.39, 0.29) is 0 Å². The lowest BCUT2D eigenvalue weighted by Crippen LogP contribution is -2.45. The topological polar surface area (TPSA) is 110 Å². The van der Waals surface area contributed by atoms with Gasteiger partial charge in [0.1, 0.15) is 17.3 Å². The Bertz CT molecular complexity index is 1240. The third-order valence-electron chi connectivity index (χ3n) is 5.49. The summed E-state index contributed by atoms with van der Waals surface area (Å²) in [7, 11) is 1.26. The van der Waals surface area contributed by atoms with E-state index in [9.17, 15) is 14.7 Å². The van der Waals surface area contributed by atoms with Crippen molar-refractivity contribution in [2.24, 2.45) is 0 Å². The van der Waals surface area contributed by atoms with Gasteiger partial charge in [0.05, 0.1) is 7.11 Å². The Labute approximate surface area is 191 Å². The molecule has 0 saturated carbocycles. The number of aliphatic hydroxyl groups is 1. The van der Waals surface area contributed by atoms with Crippen molar-refractivity contribution < 1.29 is 24.2 Å². The summed E-state index contributed by atoms with van der Waals surface area (Å²) in [6.07, 6.45) is 1.90. The number of amides is 1. The SMILES string of the molecule is COC(=O)[C@H](C)NC(=O)C(C)Oc1ccc(C=C2c3ccccc3NC2O)c2cccnc12. The van der Waals surface area contributed by atoms with E-state index in [1.165, 1.54) is 7.11 Å². The van der Waals surface area contributed by atoms with Crippen LogP contribution in [-0.2, 0) is 14.3 Å². The van der Waals surface area contributed by atoms with Gasteiger partial charge in [0.2, 0.25) is 0 Å². The number of carbonyl (C=O) groups excluding carboxylic acids is 2. The van der Waals surface area contributed by atoms with E-state index in [0.29, 0.717) is 11.3 Å². The monoisotopic (exact) mass is 447 g/mol. The summed E-state index contributed by atoms with van der Waals surface area (Å²) in [6, 6.07) is 14.3. The molecule has 1 amide bonds. The third-order valence-corrected chi connectivity index (χ3v) is 5.49. The molecule has 0 radical (unpaired) electrons. The highest BCUT2D eigenvalue weighted by atomic mass is 16.5. The van der Waals surface area contributed by atoms with E-state index in [4.69, 9.17) is 4.74 Å². The minimum atomic E-state index is -0.862. The molecule has 3 atom stereocenters. The molecule has 1 aliphatic rings. The molecule has 3 N–H and O–H groups in total. The first-order valence-corrected chi connectivity index (χ1v) is 10.6. The molecular formula is C25H25N3O5. The van der Waals surface area contributed by atoms with Crippen molar-refractivity contribution in [3.63, 3.8) is 0 Å². The lowest BCUT2D eigenvalue weighted by molar-refractivity contribution is -0.145. The molecule has 3 aromatic rings. The van der Waals surface area contributed by atoms with Gasteiger partial charge in [0, 0.05) is 28.4 Å². The zero-order chi connectivity index (χ0) is 23.5. The Morgan fingerprint density at radius 1 is 1.15 bits per heavy atom. The molecule has 170 valence electrons. The molecule has 4 rings (SSSR count). The van der Waals surface area contributed by atoms with Gasteiger partial charge in [-0.3, -0.25) is 9.78 Å². The van der Waals surface area contributed by atoms with Gasteiger partial charge in [-0.1, -0.05) is 30.3 Å². The molecule has 0 fully saturated rings. The van der Waals surface area contributed by atoms with Crippen LogP contribution >= 0.6 is 0 Å². The molecule has 0 bridgehead atoms. The van der Waals surface area contributed by atoms with Crippen LogP contribution in [0.15, 0.2) is 54.7 Å². The average molecular weight is 447 g/mol. The molecule has 8 heteroatoms. The number of hydrogen-bond donors (Lipinski definition) is 3. The van der Waals surface area contributed by atoms with Crippen molar-refractivity contribution in [1.29, 1.82) is 0 Å². The number of nitrogens with one attached hydrogen (secondary N) is 2. The summed E-state index contributed by atoms with van der Waals surface area (Å²) < 4.78 is 10.5. The summed E-state index contributed by atoms with van der Waals surface area (Å²) in [5, 5.41) is 17.0. The molecule has 1 aromatic heterocycles. The van der Waals surface area contributed by atoms with Gasteiger partial charge >= 0.3 is 5.97 Å². The van der Waals surface area contributed by atoms with E-state index in [0.717, 1.165) is 27.8 Å². The Balaban J connectivity index is 1.63. The zero-order valence-electron chi connectivity index (χ0n) is 18.5. The minimum Gasteiger partial charge on any atom is -0.479 e. The first-order chi connectivity index (χ1) is 15.9. The van der Waals surface area contributed by atoms with E-state index in [1.807, 2.05) is 48.5 Å². The lowest BCUT2D eigenvalue weighted by atomic mass is 10.0. The maximum absolute atomic E-state index is 12.5. The van der Waals surface area contributed by atoms with Gasteiger partial charge in [-0.25, -0.2) is 4.79 Å². The van der Waals surface area contributed by atoms with Crippen LogP contribution < -0.4 is 15.4 Å². The van der Waals surface area contributed by atoms with E-state index in [2.05, 4.69) is 20.4 Å². The smallest absolute Gasteiger partial charge is 0.328 e. The number of esters is 1. The van der Waals surface area contributed by atoms with E-state index < -0.39 is 30.3 Å². The number of fused-ring (bicyclic) bond motifs is 2. The maximum atomic E-state index is 12.5. The summed E-state index contributed by atoms with van der Waals surface area (Å²) >= 11 is 0. The number of hydrogen-bond acceptors (Lipinski definition) is 7. The van der Waals surface area contributed by atoms with Gasteiger partial charge in [0.25, 0.3) is 5.91 Å². The number of carbonyl (C=O) groups is 2. The van der Waals surface area contributed by atoms with Crippen LogP contribution in [0.2, 0.25) is 0 Å². The average Bonchev–Trinajstić information content (AvgIpc) is 3.14. The molecule has 33 heavy (non-hydrogen) atoms. The van der Waals surface area contributed by atoms with Crippen LogP contribution in [0, 0.1) is 0 Å². The number of aromatic nitrogens is 1. The second-order valence-electron chi connectivity index (χ2n) is 7.76. The highest BCUT2D eigenvalue weighted by molar-refractivity contribution is 6.00. The minimum absolute atomic E-state index is 0.437. The highest BCUT2D eigenvalue weighted by Gasteiger charge is 2.25. The fraction of sp³-hybridized carbons (Fsp3) is 0.240. The Morgan fingerprint density at radius 2 is 1.94 bits per heavy atom. The number of anilines is 1. The second-order valence-corrected chi connectivity index (χ2v) is 7.76. The Kier molecular flexibility index (Phi) is 6.28. The van der Waals surface area contributed by atoms with Gasteiger partial charge in [0.15, 0.2) is 12.3 Å². The highest BCUT2D eigenvalue weighted by Crippen LogP contribution is 2.37. The van der Waals surface area contributed by atoms with E-state index >= 15 is 0 Å². The number of nitrogens with zero attached hydrogens (tertiary/aromatic N) is 1. The lowest BCUT2D eigenvalue weighted by Gasteiger charge is -2.18. The van der Waals surface area contributed by atoms with Crippen molar-refractivity contribution in [2.75, 3.05) is 12.4 Å². The summed E-state index contributed by atoms with van der Waals surface area (Å²) in [4.78, 5) is 28.5. The molecule has 1 aliphatic heterocycles. The largest absolute Gasteiger partial charge is 0.479 e. The predicted molar refractivity (Wildman–Crippen MR) is 125 cm³/mol. The first kappa shape index (κ1) is 22.3. The molecule has 2 unspecified atom stereocenters. The standard InChI is InChI=1S/C25H25N3O5/c1-14(25(31)32-3)27-23(29)15(2)33-21-11-10-16(17-8-6-12-26-22(17)21)13-19-18-7-4-5-9-20(18)28-24(19)30/h4-15,24,28,30H,1-3H3,(H,27,29)/t14-,15?,24?/m0/s1. The van der Waals surface area contributed by atoms with Crippen LogP contribution in [0.25, 0.3) is 22.6 Å². The van der Waals surface area contributed by atoms with Crippen molar-refractivity contribution in [2.45, 2.75) is 32.2 Å². The number of para-hydroxylation sites is 1. The molecule has 2 aromatic carbocycles. The number of methoxy groups -OCH3 is 1. The normalized spacial score (nSPS) is 17.7. The number of ether oxygens (including phenoxy) is 2. The predicted octanol–water partition coefficient (Wildman–Crippen LogP) is 2.96. The summed E-state index contributed by atoms with van der Waals surface area (Å²) in [6.45, 7) is 3.14. The number of pyridine rings is 1. The van der Waals surface area contributed by atoms with Crippen molar-refractivity contribution >= 4 is 40.1 Å². The van der Waals surface area contributed by atoms with Crippen molar-refractivity contribution in [3.05, 3.63) is 65.9 Å². The van der Waals surface area contributed by atoms with Crippen LogP contribution in [0.1, 0.15) is 25.0 Å². The van der Waals surface area contributed by atoms with Crippen LogP contribution in [-0.4, -0.2) is 47.5 Å². The first-order valence-electron chi connectivity index (χ1n) is 10.6. The second kappa shape index (κ2) is 9.30. The third kappa shape index (κ3) is 4.51. The molecule has 0 saturated heterocycles. The van der Waals surface area contributed by atoms with E-state index in [1.54, 1.807) is 26.1 Å². The number of rotatable bonds is 6. The fourth-order valence-electron chi connectivity index (χ4n) is 3.76. The molecule has 8 nitrogen and oxygen atoms in total. The van der Waals surface area contributed by atoms with Crippen molar-refractivity contribution in [3.8, 4) is 5.75 Å². The molecule has 0 aliphatic carbocycles. The van der Waals surface area contributed by atoms with Crippen LogP contribution in [0.5, 0.6) is 5.75 Å². The molecule has 0 spiro atoms. The number of benzene rings is 2. The summed E-state index contributed by atoms with van der Waals surface area (Å²) in [5.41, 5.74) is 4.01. The Morgan fingerprint density at radius 3 is 2.73 bits per heavy atom. The summed E-state index contributed by atoms with van der Waals surface area (Å²) in [5.74, 6) is -0.545. The van der Waals surface area contributed by atoms with Gasteiger partial charge in [-0.2, -0.15) is 0 Å². The van der Waals surface area contributed by atoms with Gasteiger partial charge in [-0.15, -0.1) is 0 Å². The maximum Gasteiger partial charge on any atom is 0.328 e. The molecular weight excluding hydrogens is 422 g/mol. The van der Waals surface area contributed by atoms with Crippen LogP contribution in [0.4, 0.5) is 5.69 Å². The number of aliphatic hydroxyl groups excluding tert-OH is 1.